The quantitative estimate of drug-likeness (QED) is 0.728. The second-order valence-electron chi connectivity index (χ2n) is 3.58. The lowest BCUT2D eigenvalue weighted by Gasteiger charge is -2.33. The van der Waals surface area contributed by atoms with Gasteiger partial charge in [-0.1, -0.05) is 0 Å². The Labute approximate surface area is 87.7 Å². The van der Waals surface area contributed by atoms with Gasteiger partial charge in [-0.05, 0) is 19.1 Å². The number of anilines is 2. The Kier molecular flexibility index (Phi) is 2.55. The highest BCUT2D eigenvalue weighted by molar-refractivity contribution is 5.99. The minimum absolute atomic E-state index is 0.0155. The summed E-state index contributed by atoms with van der Waals surface area (Å²) < 4.78 is 0. The average Bonchev–Trinajstić information content (AvgIpc) is 2.26. The molecule has 2 heterocycles. The number of fused-ring (bicyclic) bond motifs is 1. The molecular formula is C10H13N3O2. The van der Waals surface area contributed by atoms with Crippen LogP contribution in [-0.2, 0) is 4.79 Å². The Morgan fingerprint density at radius 3 is 3.27 bits per heavy atom. The first-order valence-electron chi connectivity index (χ1n) is 4.84. The van der Waals surface area contributed by atoms with Gasteiger partial charge in [0.15, 0.2) is 5.82 Å². The van der Waals surface area contributed by atoms with E-state index in [0.29, 0.717) is 5.82 Å². The minimum Gasteiger partial charge on any atom is -0.394 e. The van der Waals surface area contributed by atoms with Crippen molar-refractivity contribution >= 4 is 17.4 Å². The predicted octanol–water partition coefficient (Wildman–Crippen LogP) is 0.221. The van der Waals surface area contributed by atoms with Crippen LogP contribution in [0.15, 0.2) is 18.3 Å². The number of aliphatic hydroxyl groups is 1. The van der Waals surface area contributed by atoms with E-state index in [9.17, 15) is 4.79 Å². The fourth-order valence-corrected chi connectivity index (χ4v) is 1.63. The van der Waals surface area contributed by atoms with Gasteiger partial charge in [-0.2, -0.15) is 0 Å². The first-order chi connectivity index (χ1) is 7.22. The monoisotopic (exact) mass is 207 g/mol. The van der Waals surface area contributed by atoms with Crippen molar-refractivity contribution in [3.8, 4) is 0 Å². The smallest absolute Gasteiger partial charge is 0.245 e. The van der Waals surface area contributed by atoms with Crippen LogP contribution < -0.4 is 10.2 Å². The van der Waals surface area contributed by atoms with Crippen molar-refractivity contribution < 1.29 is 9.90 Å². The largest absolute Gasteiger partial charge is 0.394 e. The van der Waals surface area contributed by atoms with E-state index in [0.717, 1.165) is 5.69 Å². The van der Waals surface area contributed by atoms with E-state index in [2.05, 4.69) is 10.3 Å². The molecule has 1 unspecified atom stereocenters. The number of rotatable bonds is 2. The first kappa shape index (κ1) is 9.92. The van der Waals surface area contributed by atoms with Crippen molar-refractivity contribution in [1.82, 2.24) is 4.98 Å². The second kappa shape index (κ2) is 3.86. The molecule has 1 aliphatic rings. The Hall–Kier alpha value is -1.62. The highest BCUT2D eigenvalue weighted by atomic mass is 16.3. The molecule has 1 amide bonds. The predicted molar refractivity (Wildman–Crippen MR) is 56.8 cm³/mol. The van der Waals surface area contributed by atoms with Crippen molar-refractivity contribution in [1.29, 1.82) is 0 Å². The molecule has 1 atom stereocenters. The Bertz CT molecular complexity index is 381. The van der Waals surface area contributed by atoms with Crippen LogP contribution in [0.4, 0.5) is 11.5 Å². The molecule has 0 fully saturated rings. The number of aliphatic hydroxyl groups excluding tert-OH is 1. The van der Waals surface area contributed by atoms with E-state index in [1.54, 1.807) is 6.20 Å². The van der Waals surface area contributed by atoms with E-state index in [1.807, 2.05) is 24.0 Å². The maximum atomic E-state index is 11.4. The summed E-state index contributed by atoms with van der Waals surface area (Å²) in [6.07, 6.45) is 1.63. The van der Waals surface area contributed by atoms with Crippen LogP contribution in [-0.4, -0.2) is 35.2 Å². The zero-order valence-electron chi connectivity index (χ0n) is 8.47. The Morgan fingerprint density at radius 1 is 1.73 bits per heavy atom. The van der Waals surface area contributed by atoms with Crippen molar-refractivity contribution in [2.45, 2.75) is 13.0 Å². The highest BCUT2D eigenvalue weighted by Crippen LogP contribution is 2.27. The molecule has 0 bridgehead atoms. The molecular weight excluding hydrogens is 194 g/mol. The third-order valence-electron chi connectivity index (χ3n) is 2.46. The number of hydrogen-bond acceptors (Lipinski definition) is 4. The third-order valence-corrected chi connectivity index (χ3v) is 2.46. The zero-order chi connectivity index (χ0) is 10.8. The molecule has 15 heavy (non-hydrogen) atoms. The van der Waals surface area contributed by atoms with Gasteiger partial charge in [0.05, 0.1) is 18.8 Å². The summed E-state index contributed by atoms with van der Waals surface area (Å²) in [5.41, 5.74) is 0.860. The molecule has 0 saturated carbocycles. The zero-order valence-corrected chi connectivity index (χ0v) is 8.47. The molecule has 0 spiro atoms. The fraction of sp³-hybridized carbons (Fsp3) is 0.400. The molecule has 2 N–H and O–H groups in total. The number of aromatic nitrogens is 1. The first-order valence-corrected chi connectivity index (χ1v) is 4.84. The van der Waals surface area contributed by atoms with Crippen LogP contribution >= 0.6 is 0 Å². The molecule has 1 aromatic rings. The van der Waals surface area contributed by atoms with E-state index < -0.39 is 0 Å². The summed E-state index contributed by atoms with van der Waals surface area (Å²) in [4.78, 5) is 17.3. The Morgan fingerprint density at radius 2 is 2.53 bits per heavy atom. The van der Waals surface area contributed by atoms with E-state index in [1.165, 1.54) is 0 Å². The van der Waals surface area contributed by atoms with Gasteiger partial charge in [0, 0.05) is 12.2 Å². The molecule has 1 aliphatic heterocycles. The lowest BCUT2D eigenvalue weighted by molar-refractivity contribution is -0.115. The molecule has 0 aliphatic carbocycles. The molecule has 0 radical (unpaired) electrons. The third kappa shape index (κ3) is 1.78. The normalized spacial score (nSPS) is 16.9. The van der Waals surface area contributed by atoms with Gasteiger partial charge in [0.25, 0.3) is 0 Å². The van der Waals surface area contributed by atoms with Gasteiger partial charge in [-0.15, -0.1) is 0 Å². The SMILES string of the molecule is CC(CO)N1CC(=O)Nc2ncccc21. The van der Waals surface area contributed by atoms with Crippen molar-refractivity contribution in [3.63, 3.8) is 0 Å². The van der Waals surface area contributed by atoms with Crippen LogP contribution in [0.25, 0.3) is 0 Å². The summed E-state index contributed by atoms with van der Waals surface area (Å²) in [6.45, 7) is 2.15. The summed E-state index contributed by atoms with van der Waals surface area (Å²) in [5.74, 6) is 0.468. The van der Waals surface area contributed by atoms with Crippen molar-refractivity contribution in [2.75, 3.05) is 23.4 Å². The maximum Gasteiger partial charge on any atom is 0.245 e. The number of carbonyl (C=O) groups is 1. The van der Waals surface area contributed by atoms with Gasteiger partial charge < -0.3 is 15.3 Å². The van der Waals surface area contributed by atoms with Gasteiger partial charge >= 0.3 is 0 Å². The number of hydrogen-bond donors (Lipinski definition) is 2. The van der Waals surface area contributed by atoms with Gasteiger partial charge in [0.1, 0.15) is 0 Å². The molecule has 2 rings (SSSR count). The van der Waals surface area contributed by atoms with Crippen LogP contribution in [0.1, 0.15) is 6.92 Å². The number of nitrogens with one attached hydrogen (secondary N) is 1. The van der Waals surface area contributed by atoms with Gasteiger partial charge in [0.2, 0.25) is 5.91 Å². The average molecular weight is 207 g/mol. The highest BCUT2D eigenvalue weighted by Gasteiger charge is 2.25. The van der Waals surface area contributed by atoms with Gasteiger partial charge in [-0.3, -0.25) is 4.79 Å². The van der Waals surface area contributed by atoms with Crippen LogP contribution in [0.3, 0.4) is 0 Å². The number of amides is 1. The fourth-order valence-electron chi connectivity index (χ4n) is 1.63. The molecule has 5 nitrogen and oxygen atoms in total. The summed E-state index contributed by atoms with van der Waals surface area (Å²) in [5, 5.41) is 11.8. The minimum atomic E-state index is -0.0958. The van der Waals surface area contributed by atoms with Crippen LogP contribution in [0.5, 0.6) is 0 Å². The van der Waals surface area contributed by atoms with E-state index in [4.69, 9.17) is 5.11 Å². The van der Waals surface area contributed by atoms with E-state index in [-0.39, 0.29) is 25.1 Å². The second-order valence-corrected chi connectivity index (χ2v) is 3.58. The summed E-state index contributed by atoms with van der Waals surface area (Å²) >= 11 is 0. The molecule has 1 aromatic heterocycles. The summed E-state index contributed by atoms with van der Waals surface area (Å²) in [7, 11) is 0. The van der Waals surface area contributed by atoms with Gasteiger partial charge in [-0.25, -0.2) is 4.98 Å². The Balaban J connectivity index is 2.38. The lowest BCUT2D eigenvalue weighted by Crippen LogP contribution is -2.45. The van der Waals surface area contributed by atoms with Crippen molar-refractivity contribution in [3.05, 3.63) is 18.3 Å². The molecule has 80 valence electrons. The van der Waals surface area contributed by atoms with E-state index >= 15 is 0 Å². The van der Waals surface area contributed by atoms with Crippen LogP contribution in [0.2, 0.25) is 0 Å². The lowest BCUT2D eigenvalue weighted by atomic mass is 10.2. The van der Waals surface area contributed by atoms with Crippen molar-refractivity contribution in [2.24, 2.45) is 0 Å². The van der Waals surface area contributed by atoms with Crippen LogP contribution in [0, 0.1) is 0 Å². The molecule has 0 saturated heterocycles. The molecule has 5 heteroatoms. The molecule has 0 aromatic carbocycles. The summed E-state index contributed by atoms with van der Waals surface area (Å²) in [6, 6.07) is 3.61. The number of nitrogens with zero attached hydrogens (tertiary/aromatic N) is 2. The topological polar surface area (TPSA) is 65.5 Å². The number of pyridine rings is 1. The standard InChI is InChI=1S/C10H13N3O2/c1-7(6-14)13-5-9(15)12-10-8(13)3-2-4-11-10/h2-4,7,14H,5-6H2,1H3,(H,11,12,15). The number of carbonyl (C=O) groups excluding carboxylic acids is 1. The maximum absolute atomic E-state index is 11.4.